The number of hydrogen-bond acceptors (Lipinski definition) is 11. The Labute approximate surface area is 306 Å². The van der Waals surface area contributed by atoms with Crippen LogP contribution in [0.15, 0.2) is 4.99 Å². The van der Waals surface area contributed by atoms with Gasteiger partial charge in [0.15, 0.2) is 5.96 Å². The summed E-state index contributed by atoms with van der Waals surface area (Å²) in [7, 11) is 0. The van der Waals surface area contributed by atoms with Gasteiger partial charge in [-0.3, -0.25) is 43.3 Å². The number of nitrogens with two attached hydrogens (primary N) is 3. The highest BCUT2D eigenvalue weighted by molar-refractivity contribution is 5.97. The van der Waals surface area contributed by atoms with Crippen molar-refractivity contribution >= 4 is 59.2 Å². The van der Waals surface area contributed by atoms with Gasteiger partial charge in [0.25, 0.3) is 0 Å². The maximum Gasteiger partial charge on any atom is 0.326 e. The standard InChI is InChI=1S/C31H54N10O12/c1-14(2)13-21(30(52)53)40-27(49)18(7-6-12-35-31(33)34)39-29(51)24(16(4)42)41-28(50)20(8-10-22(32)44)38-25(47)15(3)36-26(48)19(37-17(5)43)9-11-23(45)46/h14-16,18-21,24,42H,6-13H2,1-5H3,(H2,32,44)(H,36,48)(H,37,43)(H,38,47)(H,39,51)(H,40,49)(H,41,50)(H,45,46)(H,52,53)(H4,33,34,35)/t15-,16+,18-,19-,20-,21-,24-/m0/s1. The number of rotatable bonds is 25. The summed E-state index contributed by atoms with van der Waals surface area (Å²) < 4.78 is 0. The maximum atomic E-state index is 13.4. The van der Waals surface area contributed by atoms with Gasteiger partial charge in [-0.05, 0) is 51.9 Å². The molecule has 15 N–H and O–H groups in total. The van der Waals surface area contributed by atoms with E-state index in [1.54, 1.807) is 13.8 Å². The molecule has 0 spiro atoms. The van der Waals surface area contributed by atoms with Crippen LogP contribution < -0.4 is 49.1 Å². The molecule has 0 heterocycles. The molecule has 0 bridgehead atoms. The lowest BCUT2D eigenvalue weighted by Gasteiger charge is -2.28. The third-order valence-corrected chi connectivity index (χ3v) is 7.37. The number of carbonyl (C=O) groups is 9. The fourth-order valence-electron chi connectivity index (χ4n) is 4.67. The Hall–Kier alpha value is -5.54. The van der Waals surface area contributed by atoms with Gasteiger partial charge in [0, 0.05) is 26.3 Å². The number of nitrogens with zero attached hydrogens (tertiary/aromatic N) is 1. The molecule has 53 heavy (non-hydrogen) atoms. The van der Waals surface area contributed by atoms with Gasteiger partial charge in [-0.25, -0.2) is 4.79 Å². The van der Waals surface area contributed by atoms with Crippen LogP contribution in [0, 0.1) is 5.92 Å². The van der Waals surface area contributed by atoms with Crippen LogP contribution in [0.25, 0.3) is 0 Å². The molecule has 7 amide bonds. The van der Waals surface area contributed by atoms with Crippen LogP contribution in [-0.4, -0.2) is 123 Å². The molecule has 7 atom stereocenters. The maximum absolute atomic E-state index is 13.4. The number of carbonyl (C=O) groups excluding carboxylic acids is 7. The summed E-state index contributed by atoms with van der Waals surface area (Å²) in [5.41, 5.74) is 15.9. The summed E-state index contributed by atoms with van der Waals surface area (Å²) in [6.07, 6.45) is -3.06. The van der Waals surface area contributed by atoms with Crippen LogP contribution in [-0.2, 0) is 43.2 Å². The number of aliphatic hydroxyl groups is 1. The van der Waals surface area contributed by atoms with Crippen LogP contribution >= 0.6 is 0 Å². The van der Waals surface area contributed by atoms with Crippen molar-refractivity contribution in [1.82, 2.24) is 31.9 Å². The van der Waals surface area contributed by atoms with Crippen LogP contribution in [0.2, 0.25) is 0 Å². The molecule has 300 valence electrons. The third kappa shape index (κ3) is 20.2. The van der Waals surface area contributed by atoms with Crippen molar-refractivity contribution in [3.8, 4) is 0 Å². The van der Waals surface area contributed by atoms with E-state index in [9.17, 15) is 53.4 Å². The summed E-state index contributed by atoms with van der Waals surface area (Å²) >= 11 is 0. The smallest absolute Gasteiger partial charge is 0.326 e. The first-order valence-corrected chi connectivity index (χ1v) is 16.8. The summed E-state index contributed by atoms with van der Waals surface area (Å²) in [5.74, 6) is -9.27. The zero-order chi connectivity index (χ0) is 41.0. The Morgan fingerprint density at radius 2 is 1.11 bits per heavy atom. The quantitative estimate of drug-likeness (QED) is 0.0238. The molecule has 0 aromatic heterocycles. The lowest BCUT2D eigenvalue weighted by atomic mass is 10.0. The molecule has 0 saturated heterocycles. The Balaban J connectivity index is 6.09. The van der Waals surface area contributed by atoms with Crippen molar-refractivity contribution in [1.29, 1.82) is 0 Å². The topological polar surface area (TPSA) is 377 Å². The first-order chi connectivity index (χ1) is 24.5. The van der Waals surface area contributed by atoms with Crippen molar-refractivity contribution in [2.24, 2.45) is 28.1 Å². The first kappa shape index (κ1) is 47.5. The zero-order valence-corrected chi connectivity index (χ0v) is 30.5. The molecule has 22 heteroatoms. The molecule has 0 aliphatic rings. The van der Waals surface area contributed by atoms with Gasteiger partial charge >= 0.3 is 11.9 Å². The molecule has 0 saturated carbocycles. The summed E-state index contributed by atoms with van der Waals surface area (Å²) in [6.45, 7) is 7.01. The number of hydrogen-bond donors (Lipinski definition) is 12. The Morgan fingerprint density at radius 3 is 1.60 bits per heavy atom. The molecule has 22 nitrogen and oxygen atoms in total. The first-order valence-electron chi connectivity index (χ1n) is 16.8. The minimum absolute atomic E-state index is 0.0449. The SMILES string of the molecule is CC(=O)N[C@@H](CCC(=O)O)C(=O)N[C@@H](C)C(=O)N[C@@H](CCC(N)=O)C(=O)N[C@H](C(=O)N[C@@H](CCCN=C(N)N)C(=O)N[C@@H](CC(C)C)C(=O)O)[C@@H](C)O. The van der Waals surface area contributed by atoms with E-state index in [0.29, 0.717) is 0 Å². The number of aliphatic hydroxyl groups excluding tert-OH is 1. The molecular weight excluding hydrogens is 704 g/mol. The highest BCUT2D eigenvalue weighted by atomic mass is 16.4. The Bertz CT molecular complexity index is 1350. The second-order valence-corrected chi connectivity index (χ2v) is 12.7. The average molecular weight is 759 g/mol. The van der Waals surface area contributed by atoms with Crippen molar-refractivity contribution in [2.75, 3.05) is 6.54 Å². The minimum Gasteiger partial charge on any atom is -0.481 e. The zero-order valence-electron chi connectivity index (χ0n) is 30.5. The van der Waals surface area contributed by atoms with Crippen molar-refractivity contribution in [3.05, 3.63) is 0 Å². The van der Waals surface area contributed by atoms with Crippen LogP contribution in [0.4, 0.5) is 0 Å². The predicted molar refractivity (Wildman–Crippen MR) is 187 cm³/mol. The molecule has 0 aliphatic heterocycles. The number of aliphatic carboxylic acids is 2. The number of nitrogens with one attached hydrogen (secondary N) is 6. The highest BCUT2D eigenvalue weighted by Gasteiger charge is 2.34. The fraction of sp³-hybridized carbons (Fsp3) is 0.677. The number of carboxylic acid groups (broad SMARTS) is 2. The molecule has 0 aromatic carbocycles. The van der Waals surface area contributed by atoms with Crippen LogP contribution in [0.5, 0.6) is 0 Å². The molecule has 0 unspecified atom stereocenters. The second kappa shape index (κ2) is 23.8. The van der Waals surface area contributed by atoms with Gasteiger partial charge < -0.3 is 64.4 Å². The van der Waals surface area contributed by atoms with Crippen LogP contribution in [0.3, 0.4) is 0 Å². The van der Waals surface area contributed by atoms with E-state index in [1.165, 1.54) is 6.92 Å². The van der Waals surface area contributed by atoms with Gasteiger partial charge in [0.1, 0.15) is 36.3 Å². The van der Waals surface area contributed by atoms with E-state index in [4.69, 9.17) is 22.3 Å². The van der Waals surface area contributed by atoms with Gasteiger partial charge in [-0.2, -0.15) is 0 Å². The van der Waals surface area contributed by atoms with E-state index in [1.807, 2.05) is 0 Å². The lowest BCUT2D eigenvalue weighted by Crippen LogP contribution is -2.61. The summed E-state index contributed by atoms with van der Waals surface area (Å²) in [6, 6.07) is -8.66. The molecule has 0 rings (SSSR count). The number of carboxylic acids is 2. The number of aliphatic imine (C=N–C) groups is 1. The fourth-order valence-corrected chi connectivity index (χ4v) is 4.67. The van der Waals surface area contributed by atoms with Gasteiger partial charge in [-0.15, -0.1) is 0 Å². The average Bonchev–Trinajstić information content (AvgIpc) is 3.03. The van der Waals surface area contributed by atoms with Crippen molar-refractivity contribution < 1.29 is 58.5 Å². The number of primary amides is 1. The highest BCUT2D eigenvalue weighted by Crippen LogP contribution is 2.09. The Kier molecular flexibility index (Phi) is 21.3. The number of amides is 7. The molecule has 0 aromatic rings. The molecule has 0 aliphatic carbocycles. The van der Waals surface area contributed by atoms with E-state index >= 15 is 0 Å². The van der Waals surface area contributed by atoms with Gasteiger partial charge in [0.05, 0.1) is 6.10 Å². The van der Waals surface area contributed by atoms with Crippen molar-refractivity contribution in [2.45, 2.75) is 122 Å². The normalized spacial score (nSPS) is 14.8. The molecule has 0 radical (unpaired) electrons. The van der Waals surface area contributed by atoms with E-state index in [0.717, 1.165) is 13.8 Å². The predicted octanol–water partition coefficient (Wildman–Crippen LogP) is -4.37. The third-order valence-electron chi connectivity index (χ3n) is 7.37. The summed E-state index contributed by atoms with van der Waals surface area (Å²) in [5, 5.41) is 42.9. The largest absolute Gasteiger partial charge is 0.481 e. The monoisotopic (exact) mass is 758 g/mol. The Morgan fingerprint density at radius 1 is 0.623 bits per heavy atom. The molecular formula is C31H54N10O12. The van der Waals surface area contributed by atoms with Crippen LogP contribution in [0.1, 0.15) is 79.6 Å². The minimum atomic E-state index is -1.75. The van der Waals surface area contributed by atoms with Gasteiger partial charge in [0.2, 0.25) is 41.4 Å². The van der Waals surface area contributed by atoms with E-state index in [2.05, 4.69) is 36.9 Å². The number of guanidine groups is 1. The van der Waals surface area contributed by atoms with Gasteiger partial charge in [-0.1, -0.05) is 13.8 Å². The van der Waals surface area contributed by atoms with Crippen molar-refractivity contribution in [3.63, 3.8) is 0 Å². The summed E-state index contributed by atoms with van der Waals surface area (Å²) in [4.78, 5) is 115. The second-order valence-electron chi connectivity index (χ2n) is 12.7. The molecule has 0 fully saturated rings. The van der Waals surface area contributed by atoms with E-state index < -0.39 is 115 Å². The lowest BCUT2D eigenvalue weighted by molar-refractivity contribution is -0.143. The van der Waals surface area contributed by atoms with E-state index in [-0.39, 0.29) is 44.1 Å².